The maximum atomic E-state index is 11.6. The molecule has 0 bridgehead atoms. The second-order valence-electron chi connectivity index (χ2n) is 5.67. The minimum absolute atomic E-state index is 0.134. The molecule has 3 rings (SSSR count). The topological polar surface area (TPSA) is 89.2 Å². The number of anilines is 1. The van der Waals surface area contributed by atoms with Crippen molar-refractivity contribution in [2.75, 3.05) is 30.0 Å². The van der Waals surface area contributed by atoms with E-state index in [1.807, 2.05) is 24.1 Å². The van der Waals surface area contributed by atoms with Crippen molar-refractivity contribution >= 4 is 15.7 Å². The number of hydrogen-bond donors (Lipinski definition) is 0. The molecule has 0 saturated carbocycles. The molecule has 0 N–H and O–H groups in total. The van der Waals surface area contributed by atoms with Gasteiger partial charge in [-0.25, -0.2) is 13.4 Å². The van der Waals surface area contributed by atoms with Crippen molar-refractivity contribution in [3.8, 4) is 11.5 Å². The summed E-state index contributed by atoms with van der Waals surface area (Å²) >= 11 is 0. The summed E-state index contributed by atoms with van der Waals surface area (Å²) < 4.78 is 28.4. The summed E-state index contributed by atoms with van der Waals surface area (Å²) in [6.07, 6.45) is 2.40. The van der Waals surface area contributed by atoms with E-state index in [-0.39, 0.29) is 17.4 Å². The summed E-state index contributed by atoms with van der Waals surface area (Å²) in [7, 11) is -0.967. The van der Waals surface area contributed by atoms with Crippen LogP contribution in [0.15, 0.2) is 22.9 Å². The molecular formula is C14H18N4O3S. The lowest BCUT2D eigenvalue weighted by molar-refractivity contribution is 0.425. The summed E-state index contributed by atoms with van der Waals surface area (Å²) in [4.78, 5) is 10.6. The van der Waals surface area contributed by atoms with Crippen LogP contribution in [0, 0.1) is 12.8 Å². The van der Waals surface area contributed by atoms with Crippen LogP contribution in [0.2, 0.25) is 0 Å². The van der Waals surface area contributed by atoms with Crippen molar-refractivity contribution in [3.05, 3.63) is 24.2 Å². The van der Waals surface area contributed by atoms with Crippen molar-refractivity contribution in [1.29, 1.82) is 0 Å². The molecule has 0 spiro atoms. The molecular weight excluding hydrogens is 304 g/mol. The third-order valence-electron chi connectivity index (χ3n) is 3.77. The maximum absolute atomic E-state index is 11.6. The average molecular weight is 322 g/mol. The molecule has 0 unspecified atom stereocenters. The lowest BCUT2D eigenvalue weighted by atomic mass is 10.1. The Labute approximate surface area is 129 Å². The average Bonchev–Trinajstić information content (AvgIpc) is 3.04. The molecule has 0 aliphatic carbocycles. The standard InChI is InChI=1S/C14H18N4O3S/c1-10-16-14(21-17-10)12-4-3-6-15-13(12)18(2)8-11-5-7-22(19,20)9-11/h3-4,6,11H,5,7-9H2,1-2H3/t11-/m0/s1. The lowest BCUT2D eigenvalue weighted by Gasteiger charge is -2.22. The SMILES string of the molecule is Cc1noc(-c2cccnc2N(C)C[C@@H]2CCS(=O)(=O)C2)n1. The Bertz CT molecular complexity index is 772. The third-order valence-corrected chi connectivity index (χ3v) is 5.60. The van der Waals surface area contributed by atoms with Gasteiger partial charge in [0.1, 0.15) is 5.82 Å². The van der Waals surface area contributed by atoms with Gasteiger partial charge < -0.3 is 9.42 Å². The van der Waals surface area contributed by atoms with Crippen LogP contribution in [0.4, 0.5) is 5.82 Å². The number of sulfone groups is 1. The van der Waals surface area contributed by atoms with Gasteiger partial charge in [-0.1, -0.05) is 5.16 Å². The van der Waals surface area contributed by atoms with Crippen LogP contribution in [0.1, 0.15) is 12.2 Å². The van der Waals surface area contributed by atoms with E-state index in [0.717, 1.165) is 11.4 Å². The Morgan fingerprint density at radius 1 is 1.45 bits per heavy atom. The number of nitrogens with zero attached hydrogens (tertiary/aromatic N) is 4. The van der Waals surface area contributed by atoms with Gasteiger partial charge in [0.25, 0.3) is 5.89 Å². The number of pyridine rings is 1. The quantitative estimate of drug-likeness (QED) is 0.838. The van der Waals surface area contributed by atoms with Gasteiger partial charge in [0, 0.05) is 19.8 Å². The highest BCUT2D eigenvalue weighted by molar-refractivity contribution is 7.91. The smallest absolute Gasteiger partial charge is 0.261 e. The van der Waals surface area contributed by atoms with Crippen LogP contribution in [-0.2, 0) is 9.84 Å². The van der Waals surface area contributed by atoms with Crippen molar-refractivity contribution in [2.45, 2.75) is 13.3 Å². The molecule has 3 heterocycles. The first-order valence-electron chi connectivity index (χ1n) is 7.12. The molecule has 1 aliphatic heterocycles. The van der Waals surface area contributed by atoms with Gasteiger partial charge in [0.2, 0.25) is 0 Å². The Kier molecular flexibility index (Phi) is 3.86. The van der Waals surface area contributed by atoms with Crippen LogP contribution >= 0.6 is 0 Å². The minimum Gasteiger partial charge on any atom is -0.359 e. The number of aryl methyl sites for hydroxylation is 1. The fourth-order valence-electron chi connectivity index (χ4n) is 2.76. The van der Waals surface area contributed by atoms with Crippen molar-refractivity contribution in [3.63, 3.8) is 0 Å². The summed E-state index contributed by atoms with van der Waals surface area (Å²) in [6, 6.07) is 3.68. The first kappa shape index (κ1) is 15.0. The second kappa shape index (κ2) is 5.68. The highest BCUT2D eigenvalue weighted by atomic mass is 32.2. The first-order valence-corrected chi connectivity index (χ1v) is 8.94. The molecule has 1 aliphatic rings. The molecule has 7 nitrogen and oxygen atoms in total. The molecule has 22 heavy (non-hydrogen) atoms. The first-order chi connectivity index (χ1) is 10.4. The summed E-state index contributed by atoms with van der Waals surface area (Å²) in [5.74, 6) is 2.37. The number of hydrogen-bond acceptors (Lipinski definition) is 7. The molecule has 1 fully saturated rings. The van der Waals surface area contributed by atoms with E-state index in [1.54, 1.807) is 13.1 Å². The Balaban J connectivity index is 1.82. The van der Waals surface area contributed by atoms with E-state index >= 15 is 0 Å². The van der Waals surface area contributed by atoms with E-state index in [9.17, 15) is 8.42 Å². The van der Waals surface area contributed by atoms with E-state index in [2.05, 4.69) is 15.1 Å². The van der Waals surface area contributed by atoms with E-state index in [0.29, 0.717) is 24.7 Å². The van der Waals surface area contributed by atoms with Crippen LogP contribution in [-0.4, -0.2) is 48.6 Å². The predicted octanol–water partition coefficient (Wildman–Crippen LogP) is 1.31. The molecule has 1 saturated heterocycles. The largest absolute Gasteiger partial charge is 0.359 e. The van der Waals surface area contributed by atoms with Gasteiger partial charge in [-0.15, -0.1) is 0 Å². The molecule has 1 atom stereocenters. The van der Waals surface area contributed by atoms with Crippen molar-refractivity contribution in [1.82, 2.24) is 15.1 Å². The van der Waals surface area contributed by atoms with Gasteiger partial charge in [0.05, 0.1) is 17.1 Å². The van der Waals surface area contributed by atoms with Gasteiger partial charge in [-0.2, -0.15) is 4.98 Å². The second-order valence-corrected chi connectivity index (χ2v) is 7.90. The third kappa shape index (κ3) is 3.11. The summed E-state index contributed by atoms with van der Waals surface area (Å²) in [5, 5.41) is 3.80. The fourth-order valence-corrected chi connectivity index (χ4v) is 4.61. The number of aromatic nitrogens is 3. The fraction of sp³-hybridized carbons (Fsp3) is 0.500. The number of rotatable bonds is 4. The summed E-state index contributed by atoms with van der Waals surface area (Å²) in [6.45, 7) is 2.40. The Hall–Kier alpha value is -1.96. The molecule has 0 radical (unpaired) electrons. The molecule has 0 amide bonds. The Morgan fingerprint density at radius 3 is 2.91 bits per heavy atom. The zero-order chi connectivity index (χ0) is 15.7. The van der Waals surface area contributed by atoms with E-state index in [4.69, 9.17) is 4.52 Å². The molecule has 0 aromatic carbocycles. The zero-order valence-electron chi connectivity index (χ0n) is 12.6. The van der Waals surface area contributed by atoms with Crippen LogP contribution in [0.25, 0.3) is 11.5 Å². The van der Waals surface area contributed by atoms with Crippen molar-refractivity contribution < 1.29 is 12.9 Å². The molecule has 118 valence electrons. The normalized spacial score (nSPS) is 20.2. The molecule has 2 aromatic rings. The maximum Gasteiger partial charge on any atom is 0.261 e. The summed E-state index contributed by atoms with van der Waals surface area (Å²) in [5.41, 5.74) is 0.756. The van der Waals surface area contributed by atoms with E-state index in [1.165, 1.54) is 0 Å². The Morgan fingerprint density at radius 2 is 2.27 bits per heavy atom. The van der Waals surface area contributed by atoms with Crippen LogP contribution in [0.3, 0.4) is 0 Å². The monoisotopic (exact) mass is 322 g/mol. The van der Waals surface area contributed by atoms with Gasteiger partial charge in [0.15, 0.2) is 15.7 Å². The van der Waals surface area contributed by atoms with Crippen LogP contribution < -0.4 is 4.90 Å². The van der Waals surface area contributed by atoms with Crippen molar-refractivity contribution in [2.24, 2.45) is 5.92 Å². The van der Waals surface area contributed by atoms with Gasteiger partial charge >= 0.3 is 0 Å². The van der Waals surface area contributed by atoms with E-state index < -0.39 is 9.84 Å². The van der Waals surface area contributed by atoms with Gasteiger partial charge in [-0.05, 0) is 31.4 Å². The zero-order valence-corrected chi connectivity index (χ0v) is 13.4. The highest BCUT2D eigenvalue weighted by Gasteiger charge is 2.29. The van der Waals surface area contributed by atoms with Crippen LogP contribution in [0.5, 0.6) is 0 Å². The molecule has 8 heteroatoms. The predicted molar refractivity (Wildman–Crippen MR) is 82.3 cm³/mol. The lowest BCUT2D eigenvalue weighted by Crippen LogP contribution is -2.27. The minimum atomic E-state index is -2.87. The highest BCUT2D eigenvalue weighted by Crippen LogP contribution is 2.28. The molecule has 2 aromatic heterocycles. The van der Waals surface area contributed by atoms with Gasteiger partial charge in [-0.3, -0.25) is 0 Å².